The van der Waals surface area contributed by atoms with E-state index in [0.29, 0.717) is 29.4 Å². The zero-order valence-electron chi connectivity index (χ0n) is 17.1. The van der Waals surface area contributed by atoms with Crippen LogP contribution in [0.2, 0.25) is 0 Å². The highest BCUT2D eigenvalue weighted by atomic mass is 32.2. The molecule has 30 heavy (non-hydrogen) atoms. The van der Waals surface area contributed by atoms with Gasteiger partial charge in [0.25, 0.3) is 0 Å². The summed E-state index contributed by atoms with van der Waals surface area (Å²) in [5.74, 6) is 0.642. The Morgan fingerprint density at radius 1 is 1.10 bits per heavy atom. The number of hydrogen-bond donors (Lipinski definition) is 1. The molecule has 3 rings (SSSR count). The van der Waals surface area contributed by atoms with Gasteiger partial charge in [0.05, 0.1) is 23.6 Å². The summed E-state index contributed by atoms with van der Waals surface area (Å²) < 4.78 is 33.7. The maximum absolute atomic E-state index is 12.4. The van der Waals surface area contributed by atoms with Gasteiger partial charge in [-0.15, -0.1) is 11.3 Å². The molecule has 0 atom stereocenters. The van der Waals surface area contributed by atoms with Crippen LogP contribution < -0.4 is 9.46 Å². The van der Waals surface area contributed by atoms with Crippen molar-refractivity contribution < 1.29 is 13.2 Å². The van der Waals surface area contributed by atoms with Crippen molar-refractivity contribution in [3.05, 3.63) is 59.7 Å². The van der Waals surface area contributed by atoms with Gasteiger partial charge >= 0.3 is 0 Å². The summed E-state index contributed by atoms with van der Waals surface area (Å²) in [6.45, 7) is 7.58. The van der Waals surface area contributed by atoms with E-state index in [9.17, 15) is 8.42 Å². The molecule has 0 saturated carbocycles. The second kappa shape index (κ2) is 10.6. The fraction of sp³-hybridized carbons (Fsp3) is 0.333. The zero-order chi connectivity index (χ0) is 21.4. The molecule has 0 bridgehead atoms. The number of rotatable bonds is 11. The highest BCUT2D eigenvalue weighted by Crippen LogP contribution is 2.22. The van der Waals surface area contributed by atoms with Crippen molar-refractivity contribution in [2.45, 2.75) is 24.6 Å². The molecule has 0 aromatic carbocycles. The third kappa shape index (κ3) is 6.09. The first kappa shape index (κ1) is 22.4. The summed E-state index contributed by atoms with van der Waals surface area (Å²) in [6.07, 6.45) is 1.70. The fourth-order valence-electron chi connectivity index (χ4n) is 2.87. The van der Waals surface area contributed by atoms with Gasteiger partial charge in [-0.3, -0.25) is 4.98 Å². The van der Waals surface area contributed by atoms with Crippen LogP contribution in [0.4, 0.5) is 0 Å². The minimum absolute atomic E-state index is 0.0628. The summed E-state index contributed by atoms with van der Waals surface area (Å²) in [5, 5.41) is 1.73. The van der Waals surface area contributed by atoms with E-state index in [2.05, 4.69) is 33.4 Å². The normalized spacial score (nSPS) is 11.7. The Hall–Kier alpha value is -2.33. The minimum atomic E-state index is -3.58. The smallest absolute Gasteiger partial charge is 0.250 e. The molecule has 3 aromatic heterocycles. The summed E-state index contributed by atoms with van der Waals surface area (Å²) in [6, 6.07) is 12.5. The Balaban J connectivity index is 1.79. The number of ether oxygens (including phenoxy) is 1. The molecule has 0 aliphatic carbocycles. The van der Waals surface area contributed by atoms with Crippen LogP contribution in [-0.2, 0) is 16.6 Å². The Morgan fingerprint density at radius 3 is 2.60 bits per heavy atom. The number of sulfonamides is 1. The van der Waals surface area contributed by atoms with Crippen molar-refractivity contribution in [3.63, 3.8) is 0 Å². The van der Waals surface area contributed by atoms with Gasteiger partial charge in [-0.1, -0.05) is 26.0 Å². The number of nitrogens with zero attached hydrogens (tertiary/aromatic N) is 3. The number of pyridine rings is 2. The van der Waals surface area contributed by atoms with Crippen molar-refractivity contribution in [2.24, 2.45) is 0 Å². The Morgan fingerprint density at radius 2 is 1.93 bits per heavy atom. The van der Waals surface area contributed by atoms with Gasteiger partial charge in [0.2, 0.25) is 10.0 Å². The van der Waals surface area contributed by atoms with Crippen LogP contribution >= 0.6 is 11.3 Å². The number of nitrogens with one attached hydrogen (secondary N) is 1. The number of hydrogen-bond acceptors (Lipinski definition) is 7. The van der Waals surface area contributed by atoms with Crippen LogP contribution in [0, 0.1) is 0 Å². The molecule has 0 amide bonds. The van der Waals surface area contributed by atoms with E-state index >= 15 is 0 Å². The first-order valence-corrected chi connectivity index (χ1v) is 12.2. The third-order valence-electron chi connectivity index (χ3n) is 4.55. The standard InChI is InChI=1S/C21H26N4O3S2/c1-3-25(4-2)11-12-28-18-14-17(16-23-30(26,27)21-9-7-13-29-21)24-20(15-18)19-8-5-6-10-22-19/h5-10,13-15,23H,3-4,11-12,16H2,1-2H3. The van der Waals surface area contributed by atoms with E-state index in [1.54, 1.807) is 29.8 Å². The van der Waals surface area contributed by atoms with Crippen LogP contribution in [-0.4, -0.2) is 49.5 Å². The lowest BCUT2D eigenvalue weighted by Crippen LogP contribution is -2.28. The van der Waals surface area contributed by atoms with Crippen LogP contribution in [0.15, 0.2) is 58.3 Å². The monoisotopic (exact) mass is 446 g/mol. The molecule has 3 heterocycles. The second-order valence-corrected chi connectivity index (χ2v) is 9.47. The van der Waals surface area contributed by atoms with Crippen LogP contribution in [0.5, 0.6) is 5.75 Å². The molecule has 7 nitrogen and oxygen atoms in total. The molecule has 0 aliphatic heterocycles. The molecule has 0 saturated heterocycles. The molecule has 3 aromatic rings. The third-order valence-corrected chi connectivity index (χ3v) is 7.35. The lowest BCUT2D eigenvalue weighted by Gasteiger charge is -2.18. The maximum Gasteiger partial charge on any atom is 0.250 e. The average Bonchev–Trinajstić information content (AvgIpc) is 3.32. The van der Waals surface area contributed by atoms with E-state index in [-0.39, 0.29) is 10.8 Å². The SMILES string of the molecule is CCN(CC)CCOc1cc(CNS(=O)(=O)c2cccs2)nc(-c2ccccn2)c1. The molecule has 0 aliphatic rings. The molecule has 0 fully saturated rings. The summed E-state index contributed by atoms with van der Waals surface area (Å²) in [5.41, 5.74) is 1.91. The van der Waals surface area contributed by atoms with Gasteiger partial charge in [-0.05, 0) is 36.7 Å². The van der Waals surface area contributed by atoms with Crippen molar-refractivity contribution in [1.29, 1.82) is 0 Å². The molecule has 0 spiro atoms. The van der Waals surface area contributed by atoms with E-state index in [1.165, 1.54) is 11.3 Å². The zero-order valence-corrected chi connectivity index (χ0v) is 18.7. The van der Waals surface area contributed by atoms with Crippen molar-refractivity contribution in [1.82, 2.24) is 19.6 Å². The first-order valence-electron chi connectivity index (χ1n) is 9.82. The molecule has 0 unspecified atom stereocenters. The Bertz CT molecular complexity index is 1020. The summed E-state index contributed by atoms with van der Waals surface area (Å²) in [7, 11) is -3.58. The topological polar surface area (TPSA) is 84.4 Å². The van der Waals surface area contributed by atoms with Gasteiger partial charge in [0.1, 0.15) is 16.6 Å². The van der Waals surface area contributed by atoms with Gasteiger partial charge < -0.3 is 9.64 Å². The average molecular weight is 447 g/mol. The van der Waals surface area contributed by atoms with Crippen LogP contribution in [0.1, 0.15) is 19.5 Å². The largest absolute Gasteiger partial charge is 0.492 e. The lowest BCUT2D eigenvalue weighted by atomic mass is 10.2. The number of thiophene rings is 1. The highest BCUT2D eigenvalue weighted by molar-refractivity contribution is 7.91. The number of likely N-dealkylation sites (N-methyl/N-ethyl adjacent to an activating group) is 1. The summed E-state index contributed by atoms with van der Waals surface area (Å²) >= 11 is 1.18. The van der Waals surface area contributed by atoms with E-state index in [4.69, 9.17) is 4.74 Å². The minimum Gasteiger partial charge on any atom is -0.492 e. The van der Waals surface area contributed by atoms with E-state index in [0.717, 1.165) is 19.6 Å². The predicted octanol–water partition coefficient (Wildman–Crippen LogP) is 3.40. The quantitative estimate of drug-likeness (QED) is 0.486. The predicted molar refractivity (Wildman–Crippen MR) is 119 cm³/mol. The van der Waals surface area contributed by atoms with Crippen molar-refractivity contribution >= 4 is 21.4 Å². The highest BCUT2D eigenvalue weighted by Gasteiger charge is 2.16. The van der Waals surface area contributed by atoms with E-state index in [1.807, 2.05) is 24.3 Å². The molecular formula is C21H26N4O3S2. The second-order valence-electron chi connectivity index (χ2n) is 6.53. The van der Waals surface area contributed by atoms with Gasteiger partial charge in [-0.2, -0.15) is 0 Å². The summed E-state index contributed by atoms with van der Waals surface area (Å²) in [4.78, 5) is 11.2. The van der Waals surface area contributed by atoms with Gasteiger partial charge in [-0.25, -0.2) is 18.1 Å². The van der Waals surface area contributed by atoms with Gasteiger partial charge in [0.15, 0.2) is 0 Å². The van der Waals surface area contributed by atoms with Crippen molar-refractivity contribution in [3.8, 4) is 17.1 Å². The number of aromatic nitrogens is 2. The Kier molecular flexibility index (Phi) is 7.92. The van der Waals surface area contributed by atoms with Crippen LogP contribution in [0.3, 0.4) is 0 Å². The van der Waals surface area contributed by atoms with Crippen LogP contribution in [0.25, 0.3) is 11.4 Å². The Labute approximate surface area is 181 Å². The lowest BCUT2D eigenvalue weighted by molar-refractivity contribution is 0.222. The first-order chi connectivity index (χ1) is 14.5. The molecular weight excluding hydrogens is 420 g/mol. The molecule has 9 heteroatoms. The maximum atomic E-state index is 12.4. The van der Waals surface area contributed by atoms with E-state index < -0.39 is 10.0 Å². The molecule has 160 valence electrons. The fourth-order valence-corrected chi connectivity index (χ4v) is 4.90. The van der Waals surface area contributed by atoms with Gasteiger partial charge in [0, 0.05) is 24.9 Å². The molecule has 0 radical (unpaired) electrons. The van der Waals surface area contributed by atoms with Crippen molar-refractivity contribution in [2.75, 3.05) is 26.2 Å². The molecule has 1 N–H and O–H groups in total.